The van der Waals surface area contributed by atoms with Crippen LogP contribution in [-0.2, 0) is 14.8 Å². The molecule has 1 aliphatic rings. The van der Waals surface area contributed by atoms with Gasteiger partial charge in [-0.1, -0.05) is 12.1 Å². The maximum Gasteiger partial charge on any atom is 0.244 e. The molecule has 0 bridgehead atoms. The Morgan fingerprint density at radius 3 is 2.63 bits per heavy atom. The number of carbonyl (C=O) groups is 1. The molecule has 0 aromatic heterocycles. The molecule has 1 fully saturated rings. The van der Waals surface area contributed by atoms with E-state index >= 15 is 0 Å². The van der Waals surface area contributed by atoms with Crippen molar-refractivity contribution in [3.8, 4) is 0 Å². The Balaban J connectivity index is 2.06. The van der Waals surface area contributed by atoms with Gasteiger partial charge in [-0.05, 0) is 56.5 Å². The van der Waals surface area contributed by atoms with E-state index in [9.17, 15) is 17.6 Å². The number of hydrogen-bond acceptors (Lipinski definition) is 5. The molecule has 1 N–H and O–H groups in total. The average molecular weight is 418 g/mol. The summed E-state index contributed by atoms with van der Waals surface area (Å²) in [6.07, 6.45) is 4.60. The molecule has 9 heteroatoms. The van der Waals surface area contributed by atoms with Crippen LogP contribution in [0.25, 0.3) is 0 Å². The molecular weight excluding hydrogens is 389 g/mol. The first kappa shape index (κ1) is 22.1. The number of hydrogen-bond donors (Lipinski definition) is 1. The van der Waals surface area contributed by atoms with E-state index in [1.54, 1.807) is 11.9 Å². The topological polar surface area (TPSA) is 69.7 Å². The molecule has 2 rings (SSSR count). The minimum atomic E-state index is -4.12. The summed E-state index contributed by atoms with van der Waals surface area (Å²) in [5.41, 5.74) is 0. The number of likely N-dealkylation sites (N-methyl/N-ethyl adjacent to an activating group) is 1. The molecule has 27 heavy (non-hydrogen) atoms. The second kappa shape index (κ2) is 10.4. The molecule has 0 aliphatic carbocycles. The zero-order chi connectivity index (χ0) is 19.9. The predicted octanol–water partition coefficient (Wildman–Crippen LogP) is 1.78. The van der Waals surface area contributed by atoms with Gasteiger partial charge in [0.15, 0.2) is 0 Å². The van der Waals surface area contributed by atoms with Gasteiger partial charge in [0.2, 0.25) is 15.9 Å². The maximum absolute atomic E-state index is 13.9. The fourth-order valence-electron chi connectivity index (χ4n) is 3.06. The zero-order valence-electron chi connectivity index (χ0n) is 15.9. The van der Waals surface area contributed by atoms with Crippen LogP contribution in [0.4, 0.5) is 4.39 Å². The Hall–Kier alpha value is -1.16. The van der Waals surface area contributed by atoms with Gasteiger partial charge in [0.25, 0.3) is 0 Å². The molecule has 1 aliphatic heterocycles. The molecule has 1 unspecified atom stereocenters. The molecule has 0 spiro atoms. The molecule has 1 aromatic carbocycles. The molecule has 0 radical (unpaired) electrons. The van der Waals surface area contributed by atoms with Gasteiger partial charge >= 0.3 is 0 Å². The first-order valence-electron chi connectivity index (χ1n) is 9.08. The van der Waals surface area contributed by atoms with Crippen molar-refractivity contribution >= 4 is 27.7 Å². The number of halogens is 1. The van der Waals surface area contributed by atoms with Crippen molar-refractivity contribution in [1.29, 1.82) is 0 Å². The van der Waals surface area contributed by atoms with Gasteiger partial charge in [0, 0.05) is 20.1 Å². The highest BCUT2D eigenvalue weighted by molar-refractivity contribution is 7.98. The summed E-state index contributed by atoms with van der Waals surface area (Å²) in [6, 6.07) is 4.26. The first-order valence-corrected chi connectivity index (χ1v) is 12.0. The second-order valence-corrected chi connectivity index (χ2v) is 9.36. The number of nitrogens with one attached hydrogen (secondary N) is 1. The average Bonchev–Trinajstić information content (AvgIpc) is 3.16. The quantitative estimate of drug-likeness (QED) is 0.628. The molecule has 1 saturated heterocycles. The largest absolute Gasteiger partial charge is 0.343 e. The first-order chi connectivity index (χ1) is 12.8. The Labute approximate surface area is 165 Å². The second-order valence-electron chi connectivity index (χ2n) is 6.69. The summed E-state index contributed by atoms with van der Waals surface area (Å²) >= 11 is 1.53. The number of amides is 1. The highest BCUT2D eigenvalue weighted by atomic mass is 32.2. The fraction of sp³-hybridized carbons (Fsp3) is 0.611. The van der Waals surface area contributed by atoms with Crippen LogP contribution in [0.3, 0.4) is 0 Å². The van der Waals surface area contributed by atoms with Gasteiger partial charge in [0.1, 0.15) is 16.8 Å². The van der Waals surface area contributed by atoms with Crippen LogP contribution in [0.2, 0.25) is 0 Å². The maximum atomic E-state index is 13.9. The molecule has 1 aromatic rings. The van der Waals surface area contributed by atoms with E-state index < -0.39 is 26.8 Å². The number of likely N-dealkylation sites (tertiary alicyclic amines) is 1. The minimum Gasteiger partial charge on any atom is -0.343 e. The molecule has 1 amide bonds. The Kier molecular flexibility index (Phi) is 8.53. The molecule has 1 atom stereocenters. The summed E-state index contributed by atoms with van der Waals surface area (Å²) in [6.45, 7) is 3.39. The van der Waals surface area contributed by atoms with Crippen LogP contribution in [0.15, 0.2) is 29.2 Å². The number of nitrogens with zero attached hydrogens (tertiary/aromatic N) is 2. The van der Waals surface area contributed by atoms with E-state index in [2.05, 4.69) is 9.62 Å². The van der Waals surface area contributed by atoms with Crippen molar-refractivity contribution < 1.29 is 17.6 Å². The van der Waals surface area contributed by atoms with Gasteiger partial charge in [-0.25, -0.2) is 12.8 Å². The monoisotopic (exact) mass is 417 g/mol. The van der Waals surface area contributed by atoms with Crippen LogP contribution in [-0.4, -0.2) is 75.4 Å². The van der Waals surface area contributed by atoms with Crippen LogP contribution in [0.5, 0.6) is 0 Å². The van der Waals surface area contributed by atoms with E-state index in [-0.39, 0.29) is 5.91 Å². The summed E-state index contributed by atoms with van der Waals surface area (Å²) in [7, 11) is -2.44. The number of rotatable bonds is 10. The normalized spacial score (nSPS) is 16.4. The van der Waals surface area contributed by atoms with E-state index in [0.717, 1.165) is 25.7 Å². The van der Waals surface area contributed by atoms with Gasteiger partial charge in [-0.3, -0.25) is 4.79 Å². The third kappa shape index (κ3) is 6.44. The molecular formula is C18H28FN3O3S2. The van der Waals surface area contributed by atoms with E-state index in [1.165, 1.54) is 42.8 Å². The van der Waals surface area contributed by atoms with E-state index in [4.69, 9.17) is 0 Å². The SMILES string of the molecule is CSCCC(NS(=O)(=O)c1ccccc1F)C(=O)N(C)CCN1CCCC1. The summed E-state index contributed by atoms with van der Waals surface area (Å²) < 4.78 is 41.5. The van der Waals surface area contributed by atoms with Crippen molar-refractivity contribution in [3.63, 3.8) is 0 Å². The highest BCUT2D eigenvalue weighted by Gasteiger charge is 2.29. The van der Waals surface area contributed by atoms with Gasteiger partial charge in [-0.2, -0.15) is 16.5 Å². The fourth-order valence-corrected chi connectivity index (χ4v) is 4.83. The number of benzene rings is 1. The van der Waals surface area contributed by atoms with Crippen molar-refractivity contribution in [2.45, 2.75) is 30.2 Å². The van der Waals surface area contributed by atoms with Gasteiger partial charge < -0.3 is 9.80 Å². The van der Waals surface area contributed by atoms with Crippen molar-refractivity contribution in [1.82, 2.24) is 14.5 Å². The smallest absolute Gasteiger partial charge is 0.244 e. The Morgan fingerprint density at radius 2 is 2.00 bits per heavy atom. The zero-order valence-corrected chi connectivity index (χ0v) is 17.5. The van der Waals surface area contributed by atoms with Gasteiger partial charge in [0.05, 0.1) is 0 Å². The van der Waals surface area contributed by atoms with Gasteiger partial charge in [-0.15, -0.1) is 0 Å². The predicted molar refractivity (Wildman–Crippen MR) is 107 cm³/mol. The molecule has 152 valence electrons. The Morgan fingerprint density at radius 1 is 1.33 bits per heavy atom. The summed E-state index contributed by atoms with van der Waals surface area (Å²) in [5.74, 6) is -0.498. The van der Waals surface area contributed by atoms with Crippen molar-refractivity contribution in [2.24, 2.45) is 0 Å². The molecule has 0 saturated carbocycles. The van der Waals surface area contributed by atoms with Crippen LogP contribution < -0.4 is 4.72 Å². The van der Waals surface area contributed by atoms with E-state index in [1.807, 2.05) is 6.26 Å². The van der Waals surface area contributed by atoms with Crippen LogP contribution >= 0.6 is 11.8 Å². The molecule has 1 heterocycles. The third-order valence-corrected chi connectivity index (χ3v) is 6.81. The standard InChI is InChI=1S/C18H28FN3O3S2/c1-21(12-13-22-10-5-6-11-22)18(23)16(9-14-26-2)20-27(24,25)17-8-4-3-7-15(17)19/h3-4,7-8,16,20H,5-6,9-14H2,1-2H3. The summed E-state index contributed by atoms with van der Waals surface area (Å²) in [5, 5.41) is 0. The van der Waals surface area contributed by atoms with E-state index in [0.29, 0.717) is 18.7 Å². The highest BCUT2D eigenvalue weighted by Crippen LogP contribution is 2.15. The third-order valence-electron chi connectivity index (χ3n) is 4.66. The number of sulfonamides is 1. The number of thioether (sulfide) groups is 1. The minimum absolute atomic E-state index is 0.289. The van der Waals surface area contributed by atoms with Crippen LogP contribution in [0.1, 0.15) is 19.3 Å². The lowest BCUT2D eigenvalue weighted by Gasteiger charge is -2.26. The van der Waals surface area contributed by atoms with Crippen LogP contribution in [0, 0.1) is 5.82 Å². The molecule has 6 nitrogen and oxygen atoms in total. The van der Waals surface area contributed by atoms with Crippen molar-refractivity contribution in [3.05, 3.63) is 30.1 Å². The number of carbonyl (C=O) groups excluding carboxylic acids is 1. The Bertz CT molecular complexity index is 724. The lowest BCUT2D eigenvalue weighted by Crippen LogP contribution is -2.49. The lowest BCUT2D eigenvalue weighted by molar-refractivity contribution is -0.131. The lowest BCUT2D eigenvalue weighted by atomic mass is 10.2. The summed E-state index contributed by atoms with van der Waals surface area (Å²) in [4.78, 5) is 16.2. The van der Waals surface area contributed by atoms with Crippen molar-refractivity contribution in [2.75, 3.05) is 45.2 Å².